The molecule has 1 aliphatic heterocycles. The average molecular weight is 407 g/mol. The minimum Gasteiger partial charge on any atom is -0.343 e. The summed E-state index contributed by atoms with van der Waals surface area (Å²) in [4.78, 5) is 14.4. The molecule has 2 aromatic carbocycles. The molecule has 1 heterocycles. The standard InChI is InChI=1S/C21H23F2NO3S/c1-15-2-6-17(7-3-15)28(26,27)18-10-12-24(13-11-18)21(25)9-5-16-4-8-19(22)20(23)14-16/h2-4,6-8,14,18H,5,9-13H2,1H3. The van der Waals surface area contributed by atoms with Crippen LogP contribution in [0.4, 0.5) is 8.78 Å². The molecule has 0 unspecified atom stereocenters. The monoisotopic (exact) mass is 407 g/mol. The first-order valence-corrected chi connectivity index (χ1v) is 10.8. The summed E-state index contributed by atoms with van der Waals surface area (Å²) in [6, 6.07) is 10.4. The van der Waals surface area contributed by atoms with Crippen molar-refractivity contribution in [3.05, 3.63) is 65.2 Å². The van der Waals surface area contributed by atoms with Crippen LogP contribution in [0.3, 0.4) is 0 Å². The number of rotatable bonds is 5. The van der Waals surface area contributed by atoms with E-state index in [0.717, 1.165) is 17.7 Å². The van der Waals surface area contributed by atoms with Gasteiger partial charge in [0.05, 0.1) is 10.1 Å². The minimum absolute atomic E-state index is 0.101. The number of nitrogens with zero attached hydrogens (tertiary/aromatic N) is 1. The molecule has 0 aromatic heterocycles. The molecule has 0 spiro atoms. The van der Waals surface area contributed by atoms with Gasteiger partial charge in [0.1, 0.15) is 0 Å². The molecule has 1 fully saturated rings. The van der Waals surface area contributed by atoms with Gasteiger partial charge in [0.25, 0.3) is 0 Å². The van der Waals surface area contributed by atoms with Gasteiger partial charge in [-0.15, -0.1) is 0 Å². The third-order valence-corrected chi connectivity index (χ3v) is 7.47. The Balaban J connectivity index is 1.55. The van der Waals surface area contributed by atoms with Crippen LogP contribution in [0, 0.1) is 18.6 Å². The van der Waals surface area contributed by atoms with Crippen molar-refractivity contribution in [2.24, 2.45) is 0 Å². The van der Waals surface area contributed by atoms with Crippen LogP contribution in [-0.4, -0.2) is 37.6 Å². The van der Waals surface area contributed by atoms with Crippen LogP contribution >= 0.6 is 0 Å². The van der Waals surface area contributed by atoms with Crippen molar-refractivity contribution in [1.82, 2.24) is 4.90 Å². The Morgan fingerprint density at radius 2 is 1.68 bits per heavy atom. The van der Waals surface area contributed by atoms with Gasteiger partial charge in [-0.2, -0.15) is 0 Å². The highest BCUT2D eigenvalue weighted by molar-refractivity contribution is 7.92. The van der Waals surface area contributed by atoms with Gasteiger partial charge in [0.2, 0.25) is 5.91 Å². The molecule has 3 rings (SSSR count). The van der Waals surface area contributed by atoms with Crippen molar-refractivity contribution in [1.29, 1.82) is 0 Å². The molecule has 0 atom stereocenters. The van der Waals surface area contributed by atoms with Crippen LogP contribution in [0.25, 0.3) is 0 Å². The van der Waals surface area contributed by atoms with Gasteiger partial charge in [0, 0.05) is 19.5 Å². The third-order valence-electron chi connectivity index (χ3n) is 5.19. The topological polar surface area (TPSA) is 54.5 Å². The number of hydrogen-bond acceptors (Lipinski definition) is 3. The summed E-state index contributed by atoms with van der Waals surface area (Å²) in [6.07, 6.45) is 1.29. The fourth-order valence-electron chi connectivity index (χ4n) is 3.44. The normalized spacial score (nSPS) is 15.6. The number of amides is 1. The Morgan fingerprint density at radius 3 is 2.29 bits per heavy atom. The zero-order chi connectivity index (χ0) is 20.3. The molecular formula is C21H23F2NO3S. The van der Waals surface area contributed by atoms with Crippen molar-refractivity contribution < 1.29 is 22.0 Å². The predicted molar refractivity (Wildman–Crippen MR) is 103 cm³/mol. The molecule has 0 bridgehead atoms. The Bertz CT molecular complexity index is 950. The smallest absolute Gasteiger partial charge is 0.222 e. The maximum atomic E-state index is 13.2. The second-order valence-electron chi connectivity index (χ2n) is 7.19. The second-order valence-corrected chi connectivity index (χ2v) is 9.41. The lowest BCUT2D eigenvalue weighted by Crippen LogP contribution is -2.42. The van der Waals surface area contributed by atoms with Gasteiger partial charge < -0.3 is 4.90 Å². The SMILES string of the molecule is Cc1ccc(S(=O)(=O)C2CCN(C(=O)CCc3ccc(F)c(F)c3)CC2)cc1. The quantitative estimate of drug-likeness (QED) is 0.760. The van der Waals surface area contributed by atoms with Crippen LogP contribution in [0.5, 0.6) is 0 Å². The van der Waals surface area contributed by atoms with Crippen LogP contribution < -0.4 is 0 Å². The molecule has 0 radical (unpaired) electrons. The number of hydrogen-bond donors (Lipinski definition) is 0. The lowest BCUT2D eigenvalue weighted by atomic mass is 10.1. The van der Waals surface area contributed by atoms with Crippen molar-refractivity contribution >= 4 is 15.7 Å². The first kappa shape index (κ1) is 20.5. The van der Waals surface area contributed by atoms with Crippen molar-refractivity contribution in [3.63, 3.8) is 0 Å². The van der Waals surface area contributed by atoms with Gasteiger partial charge in [-0.25, -0.2) is 17.2 Å². The molecule has 1 aliphatic rings. The summed E-state index contributed by atoms with van der Waals surface area (Å²) in [7, 11) is -3.41. The molecule has 1 amide bonds. The molecule has 150 valence electrons. The zero-order valence-electron chi connectivity index (χ0n) is 15.7. The molecule has 28 heavy (non-hydrogen) atoms. The molecule has 0 aliphatic carbocycles. The van der Waals surface area contributed by atoms with Crippen molar-refractivity contribution in [2.45, 2.75) is 42.8 Å². The first-order valence-electron chi connectivity index (χ1n) is 9.29. The van der Waals surface area contributed by atoms with Gasteiger partial charge in [-0.3, -0.25) is 4.79 Å². The molecule has 7 heteroatoms. The Kier molecular flexibility index (Phi) is 6.13. The number of sulfone groups is 1. The highest BCUT2D eigenvalue weighted by Crippen LogP contribution is 2.25. The average Bonchev–Trinajstić information content (AvgIpc) is 2.69. The molecule has 0 N–H and O–H groups in total. The van der Waals surface area contributed by atoms with Gasteiger partial charge in [-0.05, 0) is 56.0 Å². The van der Waals surface area contributed by atoms with Gasteiger partial charge in [-0.1, -0.05) is 23.8 Å². The number of benzene rings is 2. The van der Waals surface area contributed by atoms with E-state index in [-0.39, 0.29) is 12.3 Å². The van der Waals surface area contributed by atoms with E-state index >= 15 is 0 Å². The summed E-state index contributed by atoms with van der Waals surface area (Å²) in [6.45, 7) is 2.67. The van der Waals surface area contributed by atoms with Crippen LogP contribution in [0.15, 0.2) is 47.4 Å². The largest absolute Gasteiger partial charge is 0.343 e. The summed E-state index contributed by atoms with van der Waals surface area (Å²) in [5.74, 6) is -1.94. The molecule has 0 saturated carbocycles. The number of piperidine rings is 1. The fraction of sp³-hybridized carbons (Fsp3) is 0.381. The Hall–Kier alpha value is -2.28. The Morgan fingerprint density at radius 1 is 1.04 bits per heavy atom. The first-order chi connectivity index (χ1) is 13.3. The minimum atomic E-state index is -3.41. The van der Waals surface area contributed by atoms with Gasteiger partial charge >= 0.3 is 0 Å². The maximum Gasteiger partial charge on any atom is 0.222 e. The summed E-state index contributed by atoms with van der Waals surface area (Å²) < 4.78 is 51.8. The van der Waals surface area contributed by atoms with E-state index in [1.54, 1.807) is 29.2 Å². The number of aryl methyl sites for hydroxylation is 2. The van der Waals surface area contributed by atoms with Gasteiger partial charge in [0.15, 0.2) is 21.5 Å². The number of carbonyl (C=O) groups excluding carboxylic acids is 1. The van der Waals surface area contributed by atoms with Crippen LogP contribution in [-0.2, 0) is 21.1 Å². The third kappa shape index (κ3) is 4.58. The predicted octanol–water partition coefficient (Wildman–Crippen LogP) is 3.67. The highest BCUT2D eigenvalue weighted by atomic mass is 32.2. The Labute approximate surface area is 164 Å². The van der Waals surface area contributed by atoms with E-state index < -0.39 is 26.7 Å². The molecule has 2 aromatic rings. The van der Waals surface area contributed by atoms with E-state index in [1.807, 2.05) is 6.92 Å². The van der Waals surface area contributed by atoms with Crippen LogP contribution in [0.2, 0.25) is 0 Å². The van der Waals surface area contributed by atoms with E-state index in [0.29, 0.717) is 42.8 Å². The number of likely N-dealkylation sites (tertiary alicyclic amines) is 1. The molecular weight excluding hydrogens is 384 g/mol. The summed E-state index contributed by atoms with van der Waals surface area (Å²) in [5.41, 5.74) is 1.56. The highest BCUT2D eigenvalue weighted by Gasteiger charge is 2.32. The number of carbonyl (C=O) groups is 1. The van der Waals surface area contributed by atoms with E-state index in [4.69, 9.17) is 0 Å². The van der Waals surface area contributed by atoms with Crippen molar-refractivity contribution in [2.75, 3.05) is 13.1 Å². The fourth-order valence-corrected chi connectivity index (χ4v) is 5.17. The molecule has 4 nitrogen and oxygen atoms in total. The lowest BCUT2D eigenvalue weighted by Gasteiger charge is -2.32. The number of halogens is 2. The summed E-state index contributed by atoms with van der Waals surface area (Å²) in [5, 5.41) is -0.495. The lowest BCUT2D eigenvalue weighted by molar-refractivity contribution is -0.132. The van der Waals surface area contributed by atoms with Crippen molar-refractivity contribution in [3.8, 4) is 0 Å². The molecule has 1 saturated heterocycles. The second kappa shape index (κ2) is 8.39. The maximum absolute atomic E-state index is 13.2. The van der Waals surface area contributed by atoms with E-state index in [9.17, 15) is 22.0 Å². The van der Waals surface area contributed by atoms with E-state index in [1.165, 1.54) is 6.07 Å². The zero-order valence-corrected chi connectivity index (χ0v) is 16.5. The summed E-state index contributed by atoms with van der Waals surface area (Å²) >= 11 is 0. The van der Waals surface area contributed by atoms with Crippen LogP contribution in [0.1, 0.15) is 30.4 Å². The van der Waals surface area contributed by atoms with E-state index in [2.05, 4.69) is 0 Å².